The highest BCUT2D eigenvalue weighted by Crippen LogP contribution is 2.15. The van der Waals surface area contributed by atoms with Crippen LogP contribution < -0.4 is 16.5 Å². The second-order valence-corrected chi connectivity index (χ2v) is 7.06. The maximum absolute atomic E-state index is 6.09. The molecule has 1 aliphatic heterocycles. The van der Waals surface area contributed by atoms with Crippen LogP contribution in [0.15, 0.2) is 22.4 Å². The fourth-order valence-corrected chi connectivity index (χ4v) is 3.13. The molecule has 1 unspecified atom stereocenters. The SMILES string of the molecule is CCCCCCCCCCCc1nccn1N1C=NC(N)(CC)N=C1N. The molecule has 0 saturated heterocycles. The van der Waals surface area contributed by atoms with Gasteiger partial charge in [0.2, 0.25) is 11.7 Å². The zero-order chi connectivity index (χ0) is 18.8. The number of hydrogen-bond donors (Lipinski definition) is 2. The van der Waals surface area contributed by atoms with Gasteiger partial charge in [0.1, 0.15) is 12.2 Å². The lowest BCUT2D eigenvalue weighted by Gasteiger charge is -2.30. The summed E-state index contributed by atoms with van der Waals surface area (Å²) in [4.78, 5) is 13.1. The van der Waals surface area contributed by atoms with E-state index in [1.54, 1.807) is 17.5 Å². The van der Waals surface area contributed by atoms with E-state index in [2.05, 4.69) is 21.9 Å². The number of hydrogen-bond acceptors (Lipinski definition) is 6. The molecule has 146 valence electrons. The summed E-state index contributed by atoms with van der Waals surface area (Å²) < 4.78 is 1.91. The number of rotatable bonds is 12. The van der Waals surface area contributed by atoms with Gasteiger partial charge in [0.25, 0.3) is 0 Å². The second-order valence-electron chi connectivity index (χ2n) is 7.06. The minimum Gasteiger partial charge on any atom is -0.368 e. The zero-order valence-electron chi connectivity index (χ0n) is 16.4. The van der Waals surface area contributed by atoms with E-state index < -0.39 is 5.79 Å². The first-order chi connectivity index (χ1) is 12.6. The van der Waals surface area contributed by atoms with Crippen molar-refractivity contribution in [1.82, 2.24) is 9.66 Å². The average molecular weight is 362 g/mol. The number of nitrogens with zero attached hydrogens (tertiary/aromatic N) is 5. The Morgan fingerprint density at radius 2 is 1.65 bits per heavy atom. The van der Waals surface area contributed by atoms with Crippen LogP contribution in [0.25, 0.3) is 0 Å². The molecule has 0 aliphatic carbocycles. The van der Waals surface area contributed by atoms with Gasteiger partial charge in [-0.1, -0.05) is 65.2 Å². The molecular weight excluding hydrogens is 326 g/mol. The lowest BCUT2D eigenvalue weighted by Crippen LogP contribution is -2.52. The summed E-state index contributed by atoms with van der Waals surface area (Å²) in [6, 6.07) is 0. The van der Waals surface area contributed by atoms with Crippen LogP contribution in [-0.2, 0) is 6.42 Å². The summed E-state index contributed by atoms with van der Waals surface area (Å²) in [5, 5.41) is 1.71. The molecule has 0 radical (unpaired) electrons. The van der Waals surface area contributed by atoms with Crippen molar-refractivity contribution in [3.63, 3.8) is 0 Å². The molecule has 1 aromatic rings. The van der Waals surface area contributed by atoms with E-state index in [0.717, 1.165) is 18.7 Å². The Kier molecular flexibility index (Phi) is 8.09. The third-order valence-electron chi connectivity index (χ3n) is 4.89. The number of unbranched alkanes of at least 4 members (excludes halogenated alkanes) is 8. The van der Waals surface area contributed by atoms with E-state index in [1.807, 2.05) is 17.8 Å². The van der Waals surface area contributed by atoms with Crippen LogP contribution in [0.3, 0.4) is 0 Å². The second kappa shape index (κ2) is 10.3. The van der Waals surface area contributed by atoms with Crippen LogP contribution in [0.5, 0.6) is 0 Å². The van der Waals surface area contributed by atoms with Crippen LogP contribution in [-0.4, -0.2) is 27.7 Å². The van der Waals surface area contributed by atoms with Gasteiger partial charge in [-0.2, -0.15) is 0 Å². The van der Waals surface area contributed by atoms with Crippen LogP contribution in [0.2, 0.25) is 0 Å². The van der Waals surface area contributed by atoms with Crippen LogP contribution in [0, 0.1) is 0 Å². The van der Waals surface area contributed by atoms with Gasteiger partial charge in [-0.15, -0.1) is 0 Å². The van der Waals surface area contributed by atoms with Crippen molar-refractivity contribution in [3.8, 4) is 0 Å². The Labute approximate surface area is 157 Å². The first-order valence-electron chi connectivity index (χ1n) is 10.1. The fourth-order valence-electron chi connectivity index (χ4n) is 3.13. The van der Waals surface area contributed by atoms with Crippen molar-refractivity contribution in [2.24, 2.45) is 21.5 Å². The molecule has 7 heteroatoms. The Balaban J connectivity index is 1.75. The molecule has 0 amide bonds. The molecule has 0 fully saturated rings. The van der Waals surface area contributed by atoms with Crippen LogP contribution in [0.4, 0.5) is 0 Å². The Bertz CT molecular complexity index is 592. The predicted octanol–water partition coefficient (Wildman–Crippen LogP) is 3.27. The third kappa shape index (κ3) is 5.83. The Morgan fingerprint density at radius 1 is 1.00 bits per heavy atom. The Hall–Kier alpha value is -1.89. The molecule has 2 heterocycles. The summed E-state index contributed by atoms with van der Waals surface area (Å²) in [7, 11) is 0. The van der Waals surface area contributed by atoms with Crippen molar-refractivity contribution >= 4 is 12.3 Å². The molecule has 2 rings (SSSR count). The Morgan fingerprint density at radius 3 is 2.27 bits per heavy atom. The van der Waals surface area contributed by atoms with Crippen molar-refractivity contribution in [1.29, 1.82) is 0 Å². The number of nitrogens with two attached hydrogens (primary N) is 2. The molecule has 0 aromatic carbocycles. The molecule has 0 spiro atoms. The molecule has 1 aromatic heterocycles. The topological polar surface area (TPSA) is 97.8 Å². The lowest BCUT2D eigenvalue weighted by molar-refractivity contribution is 0.445. The number of guanidine groups is 1. The smallest absolute Gasteiger partial charge is 0.220 e. The van der Waals surface area contributed by atoms with Crippen LogP contribution in [0.1, 0.15) is 83.9 Å². The number of imidazole rings is 1. The monoisotopic (exact) mass is 361 g/mol. The summed E-state index contributed by atoms with van der Waals surface area (Å²) in [6.07, 6.45) is 18.7. The molecule has 0 saturated carbocycles. The van der Waals surface area contributed by atoms with Gasteiger partial charge >= 0.3 is 0 Å². The quantitative estimate of drug-likeness (QED) is 0.558. The van der Waals surface area contributed by atoms with E-state index in [1.165, 1.54) is 51.4 Å². The normalized spacial score (nSPS) is 19.8. The summed E-state index contributed by atoms with van der Waals surface area (Å²) in [5.41, 5.74) is 12.1. The van der Waals surface area contributed by atoms with Gasteiger partial charge in [0.05, 0.1) is 0 Å². The zero-order valence-corrected chi connectivity index (χ0v) is 16.4. The van der Waals surface area contributed by atoms with Crippen molar-refractivity contribution in [2.45, 2.75) is 90.3 Å². The lowest BCUT2D eigenvalue weighted by atomic mass is 10.1. The van der Waals surface area contributed by atoms with Gasteiger partial charge < -0.3 is 5.73 Å². The number of aryl methyl sites for hydroxylation is 1. The van der Waals surface area contributed by atoms with E-state index >= 15 is 0 Å². The fraction of sp³-hybridized carbons (Fsp3) is 0.737. The van der Waals surface area contributed by atoms with Gasteiger partial charge in [-0.05, 0) is 6.42 Å². The largest absolute Gasteiger partial charge is 0.368 e. The molecule has 26 heavy (non-hydrogen) atoms. The van der Waals surface area contributed by atoms with E-state index in [-0.39, 0.29) is 0 Å². The minimum absolute atomic E-state index is 0.343. The standard InChI is InChI=1S/C19H35N7/c1-3-5-6-7-8-9-10-11-12-13-17-22-14-15-25(17)26-16-23-19(21,4-2)24-18(26)20/h14-16H,3-13,21H2,1-2H3,(H2,20,24). The third-order valence-corrected chi connectivity index (χ3v) is 4.89. The van der Waals surface area contributed by atoms with Crippen LogP contribution >= 0.6 is 0 Å². The van der Waals surface area contributed by atoms with Gasteiger partial charge in [0.15, 0.2) is 0 Å². The number of aromatic nitrogens is 2. The van der Waals surface area contributed by atoms with Gasteiger partial charge in [-0.3, -0.25) is 5.73 Å². The molecule has 1 atom stereocenters. The molecule has 4 N–H and O–H groups in total. The summed E-state index contributed by atoms with van der Waals surface area (Å²) in [5.74, 6) is 0.368. The predicted molar refractivity (Wildman–Crippen MR) is 109 cm³/mol. The average Bonchev–Trinajstić information content (AvgIpc) is 3.08. The maximum atomic E-state index is 6.09. The van der Waals surface area contributed by atoms with E-state index in [0.29, 0.717) is 12.4 Å². The molecule has 1 aliphatic rings. The van der Waals surface area contributed by atoms with Crippen molar-refractivity contribution in [2.75, 3.05) is 5.01 Å². The molecular formula is C19H35N7. The highest BCUT2D eigenvalue weighted by molar-refractivity contribution is 6.03. The highest BCUT2D eigenvalue weighted by Gasteiger charge is 2.27. The first kappa shape index (κ1) is 20.4. The van der Waals surface area contributed by atoms with E-state index in [9.17, 15) is 0 Å². The van der Waals surface area contributed by atoms with Gasteiger partial charge in [-0.25, -0.2) is 24.7 Å². The molecule has 0 bridgehead atoms. The van der Waals surface area contributed by atoms with Crippen molar-refractivity contribution < 1.29 is 0 Å². The maximum Gasteiger partial charge on any atom is 0.220 e. The van der Waals surface area contributed by atoms with E-state index in [4.69, 9.17) is 11.5 Å². The summed E-state index contributed by atoms with van der Waals surface area (Å²) in [6.45, 7) is 4.20. The van der Waals surface area contributed by atoms with Crippen molar-refractivity contribution in [3.05, 3.63) is 18.2 Å². The van der Waals surface area contributed by atoms with Gasteiger partial charge in [0, 0.05) is 25.2 Å². The molecule has 7 nitrogen and oxygen atoms in total. The first-order valence-corrected chi connectivity index (χ1v) is 10.1. The highest BCUT2D eigenvalue weighted by atomic mass is 15.6. The summed E-state index contributed by atoms with van der Waals surface area (Å²) >= 11 is 0. The number of aliphatic imine (C=N–C) groups is 2. The minimum atomic E-state index is -0.946.